The molecule has 1 aliphatic carbocycles. The lowest BCUT2D eigenvalue weighted by molar-refractivity contribution is -0.487. The minimum atomic E-state index is -7.28. The van der Waals surface area contributed by atoms with Crippen molar-refractivity contribution in [3.63, 3.8) is 0 Å². The van der Waals surface area contributed by atoms with Crippen LogP contribution in [0.3, 0.4) is 0 Å². The van der Waals surface area contributed by atoms with Gasteiger partial charge >= 0.3 is 29.6 Å². The van der Waals surface area contributed by atoms with E-state index in [-0.39, 0.29) is 12.4 Å². The van der Waals surface area contributed by atoms with Gasteiger partial charge < -0.3 is 9.84 Å². The lowest BCUT2D eigenvalue weighted by Crippen LogP contribution is -2.83. The number of hydrogen-bond acceptors (Lipinski definition) is 2. The standard InChI is InChI=1S/C16H13F11O2/c1-2-29-9-5-3-4-8(6-9)10(28)7-11(17)12(18,19)14(22,23)16(26,27)15(24,25)13(11,20)21/h3-6,10,28H,2,7H2,1H3. The molecule has 0 bridgehead atoms. The van der Waals surface area contributed by atoms with Crippen molar-refractivity contribution in [2.24, 2.45) is 0 Å². The van der Waals surface area contributed by atoms with E-state index < -0.39 is 53.4 Å². The monoisotopic (exact) mass is 446 g/mol. The van der Waals surface area contributed by atoms with Gasteiger partial charge in [-0.05, 0) is 24.6 Å². The predicted octanol–water partition coefficient (Wildman–Crippen LogP) is 5.41. The van der Waals surface area contributed by atoms with Gasteiger partial charge in [0.05, 0.1) is 12.7 Å². The largest absolute Gasteiger partial charge is 0.494 e. The third kappa shape index (κ3) is 2.79. The Morgan fingerprint density at radius 3 is 1.69 bits per heavy atom. The molecule has 2 rings (SSSR count). The van der Waals surface area contributed by atoms with Crippen LogP contribution in [0.15, 0.2) is 24.3 Å². The van der Waals surface area contributed by atoms with Gasteiger partial charge in [-0.15, -0.1) is 0 Å². The summed E-state index contributed by atoms with van der Waals surface area (Å²) in [6.45, 7) is 1.53. The maximum atomic E-state index is 14.7. The van der Waals surface area contributed by atoms with E-state index in [1.807, 2.05) is 0 Å². The predicted molar refractivity (Wildman–Crippen MR) is 75.8 cm³/mol. The second-order valence-electron chi connectivity index (χ2n) is 6.40. The lowest BCUT2D eigenvalue weighted by Gasteiger charge is -2.52. The normalized spacial score (nSPS) is 26.5. The Labute approximate surface area is 156 Å². The molecule has 0 saturated heterocycles. The SMILES string of the molecule is CCOc1cccc(C(O)CC2(F)C(F)(F)C(F)(F)C(F)(F)C(F)(F)C2(F)F)c1. The summed E-state index contributed by atoms with van der Waals surface area (Å²) in [4.78, 5) is 0. The summed E-state index contributed by atoms with van der Waals surface area (Å²) in [5.74, 6) is -35.7. The second kappa shape index (κ2) is 6.61. The maximum absolute atomic E-state index is 14.7. The van der Waals surface area contributed by atoms with Crippen molar-refractivity contribution in [3.8, 4) is 5.75 Å². The second-order valence-corrected chi connectivity index (χ2v) is 6.40. The first-order valence-electron chi connectivity index (χ1n) is 7.91. The van der Waals surface area contributed by atoms with Crippen LogP contribution in [-0.2, 0) is 0 Å². The summed E-state index contributed by atoms with van der Waals surface area (Å²) in [5, 5.41) is 9.83. The molecule has 1 N–H and O–H groups in total. The molecule has 1 aliphatic rings. The zero-order valence-corrected chi connectivity index (χ0v) is 14.3. The van der Waals surface area contributed by atoms with Crippen molar-refractivity contribution in [1.82, 2.24) is 0 Å². The van der Waals surface area contributed by atoms with Gasteiger partial charge in [-0.25, -0.2) is 4.39 Å². The van der Waals surface area contributed by atoms with Gasteiger partial charge in [0.2, 0.25) is 0 Å². The first-order valence-corrected chi connectivity index (χ1v) is 7.91. The number of rotatable bonds is 5. The fourth-order valence-electron chi connectivity index (χ4n) is 2.91. The summed E-state index contributed by atoms with van der Waals surface area (Å²) in [7, 11) is 0. The van der Waals surface area contributed by atoms with E-state index in [0.717, 1.165) is 18.2 Å². The maximum Gasteiger partial charge on any atom is 0.384 e. The quantitative estimate of drug-likeness (QED) is 0.614. The number of aliphatic hydroxyl groups excluding tert-OH is 1. The van der Waals surface area contributed by atoms with Crippen molar-refractivity contribution in [2.45, 2.75) is 54.7 Å². The molecule has 1 unspecified atom stereocenters. The molecule has 1 saturated carbocycles. The van der Waals surface area contributed by atoms with E-state index in [1.165, 1.54) is 13.0 Å². The van der Waals surface area contributed by atoms with Crippen LogP contribution in [0, 0.1) is 0 Å². The fraction of sp³-hybridized carbons (Fsp3) is 0.625. The molecule has 1 aromatic carbocycles. The summed E-state index contributed by atoms with van der Waals surface area (Å²) in [5.41, 5.74) is -6.86. The first-order chi connectivity index (χ1) is 12.9. The number of aliphatic hydroxyl groups is 1. The number of halogens is 11. The third-order valence-electron chi connectivity index (χ3n) is 4.60. The summed E-state index contributed by atoms with van der Waals surface area (Å²) >= 11 is 0. The minimum absolute atomic E-state index is 0.0380. The lowest BCUT2D eigenvalue weighted by atomic mass is 9.69. The van der Waals surface area contributed by atoms with Gasteiger partial charge in [0, 0.05) is 6.42 Å². The molecule has 29 heavy (non-hydrogen) atoms. The average molecular weight is 446 g/mol. The number of alkyl halides is 11. The summed E-state index contributed by atoms with van der Waals surface area (Å²) in [6, 6.07) is 3.97. The molecule has 1 fully saturated rings. The molecule has 166 valence electrons. The van der Waals surface area contributed by atoms with Crippen LogP contribution in [0.2, 0.25) is 0 Å². The van der Waals surface area contributed by atoms with Gasteiger partial charge in [0.1, 0.15) is 5.75 Å². The summed E-state index contributed by atoms with van der Waals surface area (Å²) in [6.07, 6.45) is -5.50. The van der Waals surface area contributed by atoms with Crippen LogP contribution >= 0.6 is 0 Å². The van der Waals surface area contributed by atoms with Gasteiger partial charge in [0.25, 0.3) is 5.67 Å². The van der Waals surface area contributed by atoms with Crippen molar-refractivity contribution in [2.75, 3.05) is 6.61 Å². The highest BCUT2D eigenvalue weighted by molar-refractivity contribution is 5.32. The Kier molecular flexibility index (Phi) is 5.35. The van der Waals surface area contributed by atoms with Gasteiger partial charge in [0.15, 0.2) is 0 Å². The first kappa shape index (κ1) is 23.5. The van der Waals surface area contributed by atoms with E-state index in [4.69, 9.17) is 4.74 Å². The Morgan fingerprint density at radius 1 is 0.793 bits per heavy atom. The molecule has 0 spiro atoms. The van der Waals surface area contributed by atoms with Gasteiger partial charge in [-0.3, -0.25) is 0 Å². The smallest absolute Gasteiger partial charge is 0.384 e. The van der Waals surface area contributed by atoms with E-state index >= 15 is 0 Å². The van der Waals surface area contributed by atoms with Crippen LogP contribution < -0.4 is 4.74 Å². The number of hydrogen-bond donors (Lipinski definition) is 1. The Bertz CT molecular complexity index is 733. The van der Waals surface area contributed by atoms with Crippen molar-refractivity contribution >= 4 is 0 Å². The number of benzene rings is 1. The van der Waals surface area contributed by atoms with Crippen LogP contribution in [0.4, 0.5) is 48.3 Å². The summed E-state index contributed by atoms with van der Waals surface area (Å²) < 4.78 is 155. The molecule has 1 aromatic rings. The Balaban J connectivity index is 2.58. The highest BCUT2D eigenvalue weighted by Gasteiger charge is 3.00. The van der Waals surface area contributed by atoms with Gasteiger partial charge in [-0.1, -0.05) is 12.1 Å². The molecule has 0 aliphatic heterocycles. The average Bonchev–Trinajstić information content (AvgIpc) is 2.60. The van der Waals surface area contributed by atoms with E-state index in [1.54, 1.807) is 0 Å². The van der Waals surface area contributed by atoms with Crippen LogP contribution in [0.5, 0.6) is 5.75 Å². The Hall–Kier alpha value is -1.79. The highest BCUT2D eigenvalue weighted by Crippen LogP contribution is 2.70. The minimum Gasteiger partial charge on any atom is -0.494 e. The van der Waals surface area contributed by atoms with Gasteiger partial charge in [-0.2, -0.15) is 43.9 Å². The molecular weight excluding hydrogens is 433 g/mol. The van der Waals surface area contributed by atoms with Crippen LogP contribution in [-0.4, -0.2) is 47.0 Å². The van der Waals surface area contributed by atoms with E-state index in [9.17, 15) is 53.4 Å². The molecule has 13 heteroatoms. The van der Waals surface area contributed by atoms with E-state index in [2.05, 4.69) is 0 Å². The molecule has 1 atom stereocenters. The van der Waals surface area contributed by atoms with Crippen molar-refractivity contribution in [3.05, 3.63) is 29.8 Å². The zero-order chi connectivity index (χ0) is 22.7. The number of ether oxygens (including phenoxy) is 1. The molecular formula is C16H13F11O2. The molecule has 0 heterocycles. The Morgan fingerprint density at radius 2 is 1.24 bits per heavy atom. The van der Waals surface area contributed by atoms with E-state index in [0.29, 0.717) is 0 Å². The third-order valence-corrected chi connectivity index (χ3v) is 4.60. The molecule has 0 radical (unpaired) electrons. The van der Waals surface area contributed by atoms with Crippen LogP contribution in [0.1, 0.15) is 25.0 Å². The molecule has 2 nitrogen and oxygen atoms in total. The van der Waals surface area contributed by atoms with Crippen molar-refractivity contribution in [1.29, 1.82) is 0 Å². The zero-order valence-electron chi connectivity index (χ0n) is 14.3. The van der Waals surface area contributed by atoms with Crippen LogP contribution in [0.25, 0.3) is 0 Å². The highest BCUT2D eigenvalue weighted by atomic mass is 19.4. The molecule has 0 aromatic heterocycles. The van der Waals surface area contributed by atoms with Crippen molar-refractivity contribution < 1.29 is 58.1 Å². The topological polar surface area (TPSA) is 29.5 Å². The molecule has 0 amide bonds. The fourth-order valence-corrected chi connectivity index (χ4v) is 2.91.